The van der Waals surface area contributed by atoms with Gasteiger partial charge in [0.25, 0.3) is 0 Å². The lowest BCUT2D eigenvalue weighted by Gasteiger charge is -2.36. The molecular weight excluding hydrogens is 333 g/mol. The normalized spacial score (nSPS) is 12.2. The van der Waals surface area contributed by atoms with E-state index in [9.17, 15) is 4.39 Å². The summed E-state index contributed by atoms with van der Waals surface area (Å²) in [6.45, 7) is 12.1. The van der Waals surface area contributed by atoms with Gasteiger partial charge in [-0.25, -0.2) is 4.39 Å². The van der Waals surface area contributed by atoms with Crippen LogP contribution in [-0.4, -0.2) is 21.5 Å². The van der Waals surface area contributed by atoms with E-state index in [4.69, 9.17) is 14.9 Å². The van der Waals surface area contributed by atoms with Gasteiger partial charge in [0.05, 0.1) is 12.3 Å². The predicted octanol–water partition coefficient (Wildman–Crippen LogP) is 5.48. The molecule has 0 atom stereocenters. The van der Waals surface area contributed by atoms with E-state index in [0.29, 0.717) is 13.2 Å². The molecule has 0 saturated heterocycles. The third-order valence-corrected chi connectivity index (χ3v) is 9.34. The fourth-order valence-electron chi connectivity index (χ4n) is 2.21. The standard InChI is InChI=1S/C20H28FNO2Si/c1-20(2,3)25(4,5)24-13-12-23-19-9-7-6-8-16(19)15-10-11-17(21)18(22)14-15/h6-11,14H,12-13,22H2,1-5H3. The van der Waals surface area contributed by atoms with Crippen molar-refractivity contribution in [2.45, 2.75) is 38.9 Å². The number of anilines is 1. The first-order valence-electron chi connectivity index (χ1n) is 8.53. The number of ether oxygens (including phenoxy) is 1. The van der Waals surface area contributed by atoms with Gasteiger partial charge >= 0.3 is 0 Å². The first kappa shape index (κ1) is 19.5. The second-order valence-electron chi connectivity index (χ2n) is 7.69. The monoisotopic (exact) mass is 361 g/mol. The fourth-order valence-corrected chi connectivity index (χ4v) is 3.23. The molecule has 0 fully saturated rings. The smallest absolute Gasteiger partial charge is 0.192 e. The SMILES string of the molecule is CC(C)(C)[Si](C)(C)OCCOc1ccccc1-c1ccc(F)c(N)c1. The zero-order valence-corrected chi connectivity index (χ0v) is 16.7. The van der Waals surface area contributed by atoms with E-state index in [1.54, 1.807) is 12.1 Å². The fraction of sp³-hybridized carbons (Fsp3) is 0.400. The summed E-state index contributed by atoms with van der Waals surface area (Å²) < 4.78 is 25.5. The molecule has 2 rings (SSSR count). The van der Waals surface area contributed by atoms with E-state index < -0.39 is 14.1 Å². The van der Waals surface area contributed by atoms with Crippen molar-refractivity contribution >= 4 is 14.0 Å². The molecule has 25 heavy (non-hydrogen) atoms. The summed E-state index contributed by atoms with van der Waals surface area (Å²) in [5.74, 6) is 0.331. The molecule has 2 aromatic carbocycles. The minimum absolute atomic E-state index is 0.133. The lowest BCUT2D eigenvalue weighted by atomic mass is 10.0. The lowest BCUT2D eigenvalue weighted by Crippen LogP contribution is -2.41. The summed E-state index contributed by atoms with van der Waals surface area (Å²) in [7, 11) is -1.77. The molecule has 0 bridgehead atoms. The van der Waals surface area contributed by atoms with Crippen LogP contribution in [0.25, 0.3) is 11.1 Å². The summed E-state index contributed by atoms with van der Waals surface area (Å²) in [4.78, 5) is 0. The Bertz CT molecular complexity index is 726. The van der Waals surface area contributed by atoms with Crippen LogP contribution in [-0.2, 0) is 4.43 Å². The minimum atomic E-state index is -1.77. The van der Waals surface area contributed by atoms with E-state index in [-0.39, 0.29) is 10.7 Å². The van der Waals surface area contributed by atoms with Gasteiger partial charge < -0.3 is 14.9 Å². The number of nitrogen functional groups attached to an aromatic ring is 1. The van der Waals surface area contributed by atoms with Crippen LogP contribution in [0.5, 0.6) is 5.75 Å². The second-order valence-corrected chi connectivity index (χ2v) is 12.5. The van der Waals surface area contributed by atoms with E-state index in [1.165, 1.54) is 6.07 Å². The summed E-state index contributed by atoms with van der Waals surface area (Å²) in [6, 6.07) is 12.4. The van der Waals surface area contributed by atoms with Crippen molar-refractivity contribution in [1.82, 2.24) is 0 Å². The van der Waals surface area contributed by atoms with Gasteiger partial charge in [-0.15, -0.1) is 0 Å². The highest BCUT2D eigenvalue weighted by molar-refractivity contribution is 6.74. The van der Waals surface area contributed by atoms with Crippen molar-refractivity contribution in [1.29, 1.82) is 0 Å². The van der Waals surface area contributed by atoms with Crippen LogP contribution in [0, 0.1) is 5.82 Å². The van der Waals surface area contributed by atoms with Gasteiger partial charge in [0.15, 0.2) is 8.32 Å². The Morgan fingerprint density at radius 2 is 1.72 bits per heavy atom. The maximum Gasteiger partial charge on any atom is 0.192 e. The average molecular weight is 362 g/mol. The second kappa shape index (κ2) is 7.58. The molecule has 0 aromatic heterocycles. The molecule has 0 unspecified atom stereocenters. The lowest BCUT2D eigenvalue weighted by molar-refractivity contribution is 0.204. The molecule has 0 heterocycles. The maximum atomic E-state index is 13.4. The topological polar surface area (TPSA) is 44.5 Å². The Balaban J connectivity index is 2.05. The van der Waals surface area contributed by atoms with Crippen LogP contribution < -0.4 is 10.5 Å². The Morgan fingerprint density at radius 1 is 1.04 bits per heavy atom. The average Bonchev–Trinajstić information content (AvgIpc) is 2.53. The predicted molar refractivity (Wildman–Crippen MR) is 105 cm³/mol. The number of para-hydroxylation sites is 1. The summed E-state index contributed by atoms with van der Waals surface area (Å²) in [5, 5.41) is 0.177. The van der Waals surface area contributed by atoms with Gasteiger partial charge in [-0.05, 0) is 41.9 Å². The third kappa shape index (κ3) is 4.83. The molecule has 0 aliphatic heterocycles. The van der Waals surface area contributed by atoms with Crippen LogP contribution in [0.4, 0.5) is 10.1 Å². The van der Waals surface area contributed by atoms with Crippen LogP contribution in [0.3, 0.4) is 0 Å². The molecule has 136 valence electrons. The Labute approximate surface area is 151 Å². The molecule has 0 aliphatic rings. The molecule has 0 spiro atoms. The number of hydrogen-bond acceptors (Lipinski definition) is 3. The molecule has 2 N–H and O–H groups in total. The summed E-state index contributed by atoms with van der Waals surface area (Å²) >= 11 is 0. The highest BCUT2D eigenvalue weighted by Gasteiger charge is 2.36. The van der Waals surface area contributed by atoms with Gasteiger partial charge in [-0.3, -0.25) is 0 Å². The third-order valence-electron chi connectivity index (χ3n) is 4.80. The zero-order chi connectivity index (χ0) is 18.7. The molecule has 2 aromatic rings. The van der Waals surface area contributed by atoms with E-state index in [2.05, 4.69) is 33.9 Å². The highest BCUT2D eigenvalue weighted by atomic mass is 28.4. The van der Waals surface area contributed by atoms with Crippen LogP contribution >= 0.6 is 0 Å². The van der Waals surface area contributed by atoms with Crippen molar-refractivity contribution in [2.24, 2.45) is 0 Å². The molecule has 0 radical (unpaired) electrons. The first-order chi connectivity index (χ1) is 11.6. The number of hydrogen-bond donors (Lipinski definition) is 1. The molecule has 5 heteroatoms. The van der Waals surface area contributed by atoms with Crippen LogP contribution in [0.1, 0.15) is 20.8 Å². The molecule has 3 nitrogen and oxygen atoms in total. The van der Waals surface area contributed by atoms with Crippen LogP contribution in [0.15, 0.2) is 42.5 Å². The van der Waals surface area contributed by atoms with Gasteiger partial charge in [0.2, 0.25) is 0 Å². The minimum Gasteiger partial charge on any atom is -0.491 e. The molecule has 0 amide bonds. The van der Waals surface area contributed by atoms with Gasteiger partial charge in [-0.2, -0.15) is 0 Å². The number of halogens is 1. The van der Waals surface area contributed by atoms with Crippen molar-refractivity contribution in [3.05, 3.63) is 48.3 Å². The van der Waals surface area contributed by atoms with E-state index >= 15 is 0 Å². The van der Waals surface area contributed by atoms with Crippen LogP contribution in [0.2, 0.25) is 18.1 Å². The van der Waals surface area contributed by atoms with Gasteiger partial charge in [0, 0.05) is 5.56 Å². The number of benzene rings is 2. The van der Waals surface area contributed by atoms with Gasteiger partial charge in [0.1, 0.15) is 18.2 Å². The quantitative estimate of drug-likeness (QED) is 0.421. The summed E-state index contributed by atoms with van der Waals surface area (Å²) in [6.07, 6.45) is 0. The first-order valence-corrected chi connectivity index (χ1v) is 11.4. The Morgan fingerprint density at radius 3 is 2.36 bits per heavy atom. The highest BCUT2D eigenvalue weighted by Crippen LogP contribution is 2.36. The van der Waals surface area contributed by atoms with Crippen molar-refractivity contribution in [2.75, 3.05) is 18.9 Å². The van der Waals surface area contributed by atoms with Crippen molar-refractivity contribution in [3.8, 4) is 16.9 Å². The Hall–Kier alpha value is -1.85. The number of rotatable bonds is 6. The van der Waals surface area contributed by atoms with Crippen molar-refractivity contribution in [3.63, 3.8) is 0 Å². The van der Waals surface area contributed by atoms with E-state index in [0.717, 1.165) is 16.9 Å². The largest absolute Gasteiger partial charge is 0.491 e. The molecule has 0 aliphatic carbocycles. The zero-order valence-electron chi connectivity index (χ0n) is 15.7. The Kier molecular flexibility index (Phi) is 5.90. The van der Waals surface area contributed by atoms with Gasteiger partial charge in [-0.1, -0.05) is 45.0 Å². The maximum absolute atomic E-state index is 13.4. The summed E-state index contributed by atoms with van der Waals surface area (Å²) in [5.41, 5.74) is 7.54. The van der Waals surface area contributed by atoms with E-state index in [1.807, 2.05) is 24.3 Å². The number of nitrogens with two attached hydrogens (primary N) is 1. The van der Waals surface area contributed by atoms with Crippen molar-refractivity contribution < 1.29 is 13.6 Å². The molecular formula is C20H28FNO2Si. The molecule has 0 saturated carbocycles.